The van der Waals surface area contributed by atoms with Crippen molar-refractivity contribution in [3.05, 3.63) is 59.9 Å². The molecule has 7 heteroatoms. The molecule has 1 N–H and O–H groups in total. The van der Waals surface area contributed by atoms with Crippen LogP contribution in [0.5, 0.6) is 5.75 Å². The monoisotopic (exact) mass is 313 g/mol. The second-order valence-corrected chi connectivity index (χ2v) is 4.37. The van der Waals surface area contributed by atoms with Crippen LogP contribution in [0, 0.1) is 5.82 Å². The Morgan fingerprint density at radius 3 is 2.41 bits per heavy atom. The zero-order valence-electron chi connectivity index (χ0n) is 11.2. The van der Waals surface area contributed by atoms with Gasteiger partial charge in [0.2, 0.25) is 0 Å². The van der Waals surface area contributed by atoms with Gasteiger partial charge < -0.3 is 10.1 Å². The molecule has 22 heavy (non-hydrogen) atoms. The minimum Gasteiger partial charge on any atom is -0.484 e. The Labute approximate surface area is 123 Å². The van der Waals surface area contributed by atoms with Crippen LogP contribution in [-0.4, -0.2) is 12.5 Å². The number of nitrogens with one attached hydrogen (secondary N) is 1. The van der Waals surface area contributed by atoms with Gasteiger partial charge >= 0.3 is 6.18 Å². The molecule has 0 radical (unpaired) electrons. The molecule has 0 saturated heterocycles. The zero-order chi connectivity index (χ0) is 16.2. The number of carbonyl (C=O) groups excluding carboxylic acids is 1. The van der Waals surface area contributed by atoms with Crippen molar-refractivity contribution in [1.29, 1.82) is 0 Å². The highest BCUT2D eigenvalue weighted by Crippen LogP contribution is 2.31. The van der Waals surface area contributed by atoms with Crippen molar-refractivity contribution < 1.29 is 27.1 Å². The molecule has 0 bridgehead atoms. The maximum absolute atomic E-state index is 12.7. The second kappa shape index (κ2) is 6.46. The summed E-state index contributed by atoms with van der Waals surface area (Å²) in [4.78, 5) is 11.6. The molecule has 0 heterocycles. The minimum atomic E-state index is -4.48. The molecular weight excluding hydrogens is 302 g/mol. The third-order valence-electron chi connectivity index (χ3n) is 2.66. The van der Waals surface area contributed by atoms with E-state index in [0.29, 0.717) is 5.69 Å². The fourth-order valence-corrected chi connectivity index (χ4v) is 1.64. The van der Waals surface area contributed by atoms with Crippen LogP contribution in [0.4, 0.5) is 23.2 Å². The molecule has 0 fully saturated rings. The lowest BCUT2D eigenvalue weighted by Crippen LogP contribution is -2.20. The quantitative estimate of drug-likeness (QED) is 0.870. The summed E-state index contributed by atoms with van der Waals surface area (Å²) in [5, 5.41) is 2.43. The van der Waals surface area contributed by atoms with Crippen molar-refractivity contribution in [2.75, 3.05) is 11.9 Å². The van der Waals surface area contributed by atoms with Crippen molar-refractivity contribution in [3.63, 3.8) is 0 Å². The highest BCUT2D eigenvalue weighted by atomic mass is 19.4. The molecule has 0 aliphatic rings. The zero-order valence-corrected chi connectivity index (χ0v) is 11.2. The molecule has 0 spiro atoms. The van der Waals surface area contributed by atoms with E-state index < -0.39 is 30.1 Å². The van der Waals surface area contributed by atoms with Gasteiger partial charge in [0.05, 0.1) is 5.56 Å². The predicted octanol–water partition coefficient (Wildman–Crippen LogP) is 3.86. The highest BCUT2D eigenvalue weighted by Gasteiger charge is 2.30. The molecule has 0 aliphatic carbocycles. The highest BCUT2D eigenvalue weighted by molar-refractivity contribution is 5.91. The van der Waals surface area contributed by atoms with Crippen molar-refractivity contribution in [3.8, 4) is 5.75 Å². The molecule has 0 atom stereocenters. The van der Waals surface area contributed by atoms with Crippen LogP contribution >= 0.6 is 0 Å². The molecule has 3 nitrogen and oxygen atoms in total. The summed E-state index contributed by atoms with van der Waals surface area (Å²) >= 11 is 0. The van der Waals surface area contributed by atoms with Gasteiger partial charge in [0.25, 0.3) is 5.91 Å². The molecule has 0 aliphatic heterocycles. The smallest absolute Gasteiger partial charge is 0.416 e. The molecule has 2 aromatic carbocycles. The summed E-state index contributed by atoms with van der Waals surface area (Å²) in [7, 11) is 0. The average molecular weight is 313 g/mol. The third kappa shape index (κ3) is 4.47. The van der Waals surface area contributed by atoms with E-state index in [9.17, 15) is 22.4 Å². The van der Waals surface area contributed by atoms with Crippen molar-refractivity contribution in [2.45, 2.75) is 6.18 Å². The van der Waals surface area contributed by atoms with E-state index in [-0.39, 0.29) is 5.75 Å². The van der Waals surface area contributed by atoms with E-state index in [1.807, 2.05) is 0 Å². The molecule has 1 amide bonds. The molecule has 0 aromatic heterocycles. The number of alkyl halides is 3. The molecule has 2 aromatic rings. The maximum atomic E-state index is 12.7. The number of halogens is 4. The number of anilines is 1. The van der Waals surface area contributed by atoms with Gasteiger partial charge in [-0.05, 0) is 42.5 Å². The van der Waals surface area contributed by atoms with E-state index in [4.69, 9.17) is 4.74 Å². The van der Waals surface area contributed by atoms with Gasteiger partial charge in [0.15, 0.2) is 6.61 Å². The fourth-order valence-electron chi connectivity index (χ4n) is 1.64. The van der Waals surface area contributed by atoms with Crippen LogP contribution < -0.4 is 10.1 Å². The summed E-state index contributed by atoms with van der Waals surface area (Å²) in [6, 6.07) is 9.29. The number of hydrogen-bond acceptors (Lipinski definition) is 2. The maximum Gasteiger partial charge on any atom is 0.416 e. The van der Waals surface area contributed by atoms with E-state index in [0.717, 1.165) is 12.1 Å². The normalized spacial score (nSPS) is 11.1. The van der Waals surface area contributed by atoms with E-state index in [1.54, 1.807) is 0 Å². The van der Waals surface area contributed by atoms with Crippen LogP contribution in [0.25, 0.3) is 0 Å². The van der Waals surface area contributed by atoms with Gasteiger partial charge in [0.1, 0.15) is 11.6 Å². The van der Waals surface area contributed by atoms with Gasteiger partial charge in [-0.15, -0.1) is 0 Å². The molecule has 0 saturated carbocycles. The predicted molar refractivity (Wildman–Crippen MR) is 72.0 cm³/mol. The number of carbonyl (C=O) groups is 1. The van der Waals surface area contributed by atoms with Crippen molar-refractivity contribution in [1.82, 2.24) is 0 Å². The number of benzene rings is 2. The summed E-state index contributed by atoms with van der Waals surface area (Å²) in [6.45, 7) is -0.460. The Morgan fingerprint density at radius 2 is 1.77 bits per heavy atom. The molecule has 2 rings (SSSR count). The first-order valence-corrected chi connectivity index (χ1v) is 6.20. The largest absolute Gasteiger partial charge is 0.484 e. The number of ether oxygens (including phenoxy) is 1. The topological polar surface area (TPSA) is 38.3 Å². The number of rotatable bonds is 4. The van der Waals surface area contributed by atoms with Crippen molar-refractivity contribution >= 4 is 11.6 Å². The fraction of sp³-hybridized carbons (Fsp3) is 0.133. The Bertz CT molecular complexity index is 653. The summed E-state index contributed by atoms with van der Waals surface area (Å²) in [6.07, 6.45) is -4.48. The van der Waals surface area contributed by atoms with E-state index in [1.165, 1.54) is 36.4 Å². The lowest BCUT2D eigenvalue weighted by Gasteiger charge is -2.10. The Balaban J connectivity index is 1.92. The Kier molecular flexibility index (Phi) is 4.65. The van der Waals surface area contributed by atoms with Crippen LogP contribution in [0.3, 0.4) is 0 Å². The first kappa shape index (κ1) is 15.8. The minimum absolute atomic E-state index is 0.0657. The van der Waals surface area contributed by atoms with Gasteiger partial charge in [-0.3, -0.25) is 4.79 Å². The van der Waals surface area contributed by atoms with Crippen LogP contribution in [0.2, 0.25) is 0 Å². The van der Waals surface area contributed by atoms with Crippen LogP contribution in [-0.2, 0) is 11.0 Å². The van der Waals surface area contributed by atoms with Crippen LogP contribution in [0.1, 0.15) is 5.56 Å². The van der Waals surface area contributed by atoms with E-state index >= 15 is 0 Å². The summed E-state index contributed by atoms with van der Waals surface area (Å²) in [5.74, 6) is -1.08. The summed E-state index contributed by atoms with van der Waals surface area (Å²) in [5.41, 5.74) is -0.497. The average Bonchev–Trinajstić information content (AvgIpc) is 2.47. The Hall–Kier alpha value is -2.57. The van der Waals surface area contributed by atoms with Crippen molar-refractivity contribution in [2.24, 2.45) is 0 Å². The standard InChI is InChI=1S/C15H11F4NO2/c16-11-4-6-12(7-5-11)20-14(21)9-22-13-3-1-2-10(8-13)15(17,18)19/h1-8H,9H2,(H,20,21). The first-order chi connectivity index (χ1) is 10.3. The molecule has 0 unspecified atom stereocenters. The Morgan fingerprint density at radius 1 is 1.09 bits per heavy atom. The van der Waals surface area contributed by atoms with Gasteiger partial charge in [0, 0.05) is 5.69 Å². The van der Waals surface area contributed by atoms with Crippen LogP contribution in [0.15, 0.2) is 48.5 Å². The lowest BCUT2D eigenvalue weighted by atomic mass is 10.2. The first-order valence-electron chi connectivity index (χ1n) is 6.20. The second-order valence-electron chi connectivity index (χ2n) is 4.37. The SMILES string of the molecule is O=C(COc1cccc(C(F)(F)F)c1)Nc1ccc(F)cc1. The molecular formula is C15H11F4NO2. The third-order valence-corrected chi connectivity index (χ3v) is 2.66. The van der Waals surface area contributed by atoms with E-state index in [2.05, 4.69) is 5.32 Å². The van der Waals surface area contributed by atoms with Gasteiger partial charge in [-0.1, -0.05) is 6.07 Å². The number of hydrogen-bond donors (Lipinski definition) is 1. The van der Waals surface area contributed by atoms with Gasteiger partial charge in [-0.2, -0.15) is 13.2 Å². The molecule has 116 valence electrons. The number of amides is 1. The van der Waals surface area contributed by atoms with Gasteiger partial charge in [-0.25, -0.2) is 4.39 Å². The summed E-state index contributed by atoms with van der Waals surface area (Å²) < 4.78 is 55.3. The lowest BCUT2D eigenvalue weighted by molar-refractivity contribution is -0.137.